The molecule has 3 fully saturated rings. The van der Waals surface area contributed by atoms with Gasteiger partial charge in [-0.25, -0.2) is 14.2 Å². The minimum absolute atomic E-state index is 0.0290. The molecule has 0 unspecified atom stereocenters. The number of likely N-dealkylation sites (N-methyl/N-ethyl adjacent to an activating group) is 1. The largest absolute Gasteiger partial charge is 0.508 e. The van der Waals surface area contributed by atoms with Crippen LogP contribution >= 0.6 is 11.6 Å². The number of hydrogen-bond acceptors (Lipinski definition) is 8. The lowest BCUT2D eigenvalue weighted by molar-refractivity contribution is 0.0123. The molecule has 9 nitrogen and oxygen atoms in total. The predicted molar refractivity (Wildman–Crippen MR) is 181 cm³/mol. The number of rotatable bonds is 4. The van der Waals surface area contributed by atoms with Crippen LogP contribution in [0.5, 0.6) is 5.75 Å². The van der Waals surface area contributed by atoms with Crippen LogP contribution in [0.2, 0.25) is 5.02 Å². The summed E-state index contributed by atoms with van der Waals surface area (Å²) in [7, 11) is 4.09. The van der Waals surface area contributed by atoms with Crippen molar-refractivity contribution in [3.05, 3.63) is 52.8 Å². The SMILES string of the molecule is Cc1cccc2cc(O)cc(-c3c(Cl)cc4c(N5C[C@H]6CC[C@@H](C5)N6C(=O)OC(C)(C)C)nc(N5CC(N(C)C)C5)nc4c3F)c12. The van der Waals surface area contributed by atoms with Gasteiger partial charge in [0.1, 0.15) is 22.7 Å². The molecule has 2 atom stereocenters. The maximum Gasteiger partial charge on any atom is 0.410 e. The molecule has 1 amide bonds. The van der Waals surface area contributed by atoms with Gasteiger partial charge in [-0.15, -0.1) is 0 Å². The summed E-state index contributed by atoms with van der Waals surface area (Å²) in [5.74, 6) is 0.550. The molecular formula is C35H40ClFN6O3. The molecule has 0 saturated carbocycles. The quantitative estimate of drug-likeness (QED) is 0.266. The van der Waals surface area contributed by atoms with E-state index in [1.807, 2.05) is 64.9 Å². The number of phenolic OH excluding ortho intramolecular Hbond substituents is 1. The Hall–Kier alpha value is -3.89. The third kappa shape index (κ3) is 5.25. The lowest BCUT2D eigenvalue weighted by Gasteiger charge is -2.44. The monoisotopic (exact) mass is 646 g/mol. The van der Waals surface area contributed by atoms with Crippen molar-refractivity contribution in [3.8, 4) is 16.9 Å². The summed E-state index contributed by atoms with van der Waals surface area (Å²) in [4.78, 5) is 31.3. The van der Waals surface area contributed by atoms with E-state index >= 15 is 4.39 Å². The first-order chi connectivity index (χ1) is 21.8. The zero-order chi connectivity index (χ0) is 32.7. The first-order valence-corrected chi connectivity index (χ1v) is 16.3. The Kier molecular flexibility index (Phi) is 7.44. The summed E-state index contributed by atoms with van der Waals surface area (Å²) in [6, 6.07) is 11.0. The topological polar surface area (TPSA) is 85.3 Å². The highest BCUT2D eigenvalue weighted by atomic mass is 35.5. The smallest absolute Gasteiger partial charge is 0.410 e. The Bertz CT molecular complexity index is 1860. The minimum Gasteiger partial charge on any atom is -0.508 e. The summed E-state index contributed by atoms with van der Waals surface area (Å²) in [5.41, 5.74) is 1.25. The van der Waals surface area contributed by atoms with Crippen LogP contribution in [0.3, 0.4) is 0 Å². The fourth-order valence-electron chi connectivity index (χ4n) is 7.23. The van der Waals surface area contributed by atoms with Gasteiger partial charge in [-0.05, 0) is 94.7 Å². The fourth-order valence-corrected chi connectivity index (χ4v) is 7.52. The van der Waals surface area contributed by atoms with Gasteiger partial charge in [0.15, 0.2) is 5.82 Å². The third-order valence-electron chi connectivity index (χ3n) is 9.55. The van der Waals surface area contributed by atoms with Crippen LogP contribution < -0.4 is 9.80 Å². The molecule has 0 aliphatic carbocycles. The Morgan fingerprint density at radius 3 is 2.39 bits per heavy atom. The molecule has 2 bridgehead atoms. The number of carbonyl (C=O) groups is 1. The van der Waals surface area contributed by atoms with Gasteiger partial charge >= 0.3 is 6.09 Å². The number of amides is 1. The number of carbonyl (C=O) groups excluding carboxylic acids is 1. The zero-order valence-electron chi connectivity index (χ0n) is 27.1. The minimum atomic E-state index is -0.585. The summed E-state index contributed by atoms with van der Waals surface area (Å²) < 4.78 is 22.8. The summed E-state index contributed by atoms with van der Waals surface area (Å²) in [6.45, 7) is 10.1. The lowest BCUT2D eigenvalue weighted by atomic mass is 9.93. The molecule has 3 saturated heterocycles. The number of ether oxygens (including phenoxy) is 1. The second-order valence-corrected chi connectivity index (χ2v) is 14.6. The highest BCUT2D eigenvalue weighted by Gasteiger charge is 2.45. The van der Waals surface area contributed by atoms with E-state index in [4.69, 9.17) is 26.3 Å². The van der Waals surface area contributed by atoms with E-state index in [-0.39, 0.29) is 40.0 Å². The average molecular weight is 647 g/mol. The molecule has 3 aliphatic heterocycles. The van der Waals surface area contributed by atoms with Crippen molar-refractivity contribution >= 4 is 51.1 Å². The molecule has 0 spiro atoms. The van der Waals surface area contributed by atoms with E-state index in [0.717, 1.165) is 42.3 Å². The van der Waals surface area contributed by atoms with E-state index < -0.39 is 11.4 Å². The van der Waals surface area contributed by atoms with E-state index in [0.29, 0.717) is 41.8 Å². The maximum absolute atomic E-state index is 17.0. The highest BCUT2D eigenvalue weighted by Crippen LogP contribution is 2.44. The number of fused-ring (bicyclic) bond motifs is 4. The van der Waals surface area contributed by atoms with Gasteiger partial charge in [-0.3, -0.25) is 4.90 Å². The number of anilines is 2. The molecule has 1 N–H and O–H groups in total. The molecule has 4 heterocycles. The third-order valence-corrected chi connectivity index (χ3v) is 9.85. The normalized spacial score (nSPS) is 20.2. The highest BCUT2D eigenvalue weighted by molar-refractivity contribution is 6.35. The van der Waals surface area contributed by atoms with Gasteiger partial charge in [0.2, 0.25) is 5.95 Å². The molecule has 46 heavy (non-hydrogen) atoms. The van der Waals surface area contributed by atoms with Crippen LogP contribution in [0.1, 0.15) is 39.2 Å². The molecule has 0 radical (unpaired) electrons. The van der Waals surface area contributed by atoms with E-state index in [2.05, 4.69) is 14.7 Å². The number of benzene rings is 3. The van der Waals surface area contributed by atoms with Crippen LogP contribution in [-0.4, -0.2) is 95.0 Å². The number of aromatic nitrogens is 2. The van der Waals surface area contributed by atoms with Crippen molar-refractivity contribution in [2.24, 2.45) is 0 Å². The van der Waals surface area contributed by atoms with Crippen molar-refractivity contribution in [1.82, 2.24) is 19.8 Å². The molecule has 3 aromatic carbocycles. The molecule has 7 rings (SSSR count). The molecule has 1 aromatic heterocycles. The second kappa shape index (κ2) is 11.1. The van der Waals surface area contributed by atoms with Crippen molar-refractivity contribution < 1.29 is 19.0 Å². The average Bonchev–Trinajstić information content (AvgIpc) is 3.20. The van der Waals surface area contributed by atoms with Crippen LogP contribution in [0.4, 0.5) is 21.0 Å². The maximum atomic E-state index is 17.0. The van der Waals surface area contributed by atoms with Crippen molar-refractivity contribution in [2.75, 3.05) is 50.1 Å². The van der Waals surface area contributed by atoms with Crippen molar-refractivity contribution in [3.63, 3.8) is 0 Å². The van der Waals surface area contributed by atoms with Crippen LogP contribution in [0, 0.1) is 12.7 Å². The van der Waals surface area contributed by atoms with Crippen molar-refractivity contribution in [2.45, 2.75) is 64.3 Å². The van der Waals surface area contributed by atoms with Gasteiger partial charge < -0.3 is 24.5 Å². The first kappa shape index (κ1) is 30.7. The second-order valence-electron chi connectivity index (χ2n) is 14.2. The van der Waals surface area contributed by atoms with Gasteiger partial charge in [0, 0.05) is 43.2 Å². The summed E-state index contributed by atoms with van der Waals surface area (Å²) in [5, 5.41) is 13.0. The van der Waals surface area contributed by atoms with Gasteiger partial charge in [-0.2, -0.15) is 4.98 Å². The Labute approximate surface area is 273 Å². The zero-order valence-corrected chi connectivity index (χ0v) is 27.9. The number of hydrogen-bond donors (Lipinski definition) is 1. The van der Waals surface area contributed by atoms with Crippen LogP contribution in [-0.2, 0) is 4.74 Å². The standard InChI is InChI=1S/C35H40ClFN6O3/c1-19-8-7-9-20-12-24(44)13-25(28(19)20)29-27(36)14-26-31(30(29)37)38-33(42-17-23(18-42)40(5)6)39-32(26)41-15-21-10-11-22(16-41)43(21)34(45)46-35(2,3)4/h7-9,12-14,21-23,44H,10-11,15-18H2,1-6H3/t21-,22+. The molecule has 3 aliphatic rings. The van der Waals surface area contributed by atoms with E-state index in [1.54, 1.807) is 18.2 Å². The van der Waals surface area contributed by atoms with Crippen LogP contribution in [0.25, 0.3) is 32.8 Å². The van der Waals surface area contributed by atoms with E-state index in [9.17, 15) is 9.90 Å². The van der Waals surface area contributed by atoms with E-state index in [1.165, 1.54) is 0 Å². The lowest BCUT2D eigenvalue weighted by Crippen LogP contribution is -2.58. The first-order valence-electron chi connectivity index (χ1n) is 15.9. The predicted octanol–water partition coefficient (Wildman–Crippen LogP) is 6.59. The molecular weight excluding hydrogens is 607 g/mol. The molecule has 4 aromatic rings. The number of piperazine rings is 1. The number of aromatic hydroxyl groups is 1. The molecule has 242 valence electrons. The molecule has 11 heteroatoms. The number of halogens is 2. The van der Waals surface area contributed by atoms with Gasteiger partial charge in [-0.1, -0.05) is 29.8 Å². The summed E-state index contributed by atoms with van der Waals surface area (Å²) >= 11 is 6.97. The number of aryl methyl sites for hydroxylation is 1. The Morgan fingerprint density at radius 1 is 1.04 bits per heavy atom. The fraction of sp³-hybridized carbons (Fsp3) is 0.457. The van der Waals surface area contributed by atoms with Crippen LogP contribution in [0.15, 0.2) is 36.4 Å². The van der Waals surface area contributed by atoms with Gasteiger partial charge in [0.05, 0.1) is 17.1 Å². The van der Waals surface area contributed by atoms with Gasteiger partial charge in [0.25, 0.3) is 0 Å². The summed E-state index contributed by atoms with van der Waals surface area (Å²) in [6.07, 6.45) is 1.42. The number of phenols is 1. The number of nitrogens with zero attached hydrogens (tertiary/aromatic N) is 6. The Morgan fingerprint density at radius 2 is 1.74 bits per heavy atom. The Balaban J connectivity index is 1.36. The van der Waals surface area contributed by atoms with Crippen molar-refractivity contribution in [1.29, 1.82) is 0 Å².